The Hall–Kier alpha value is -2.33. The van der Waals surface area contributed by atoms with E-state index in [0.29, 0.717) is 11.6 Å². The number of nitrogens with one attached hydrogen (secondary N) is 1. The molecule has 0 saturated carbocycles. The van der Waals surface area contributed by atoms with Gasteiger partial charge in [-0.3, -0.25) is 9.59 Å². The monoisotopic (exact) mass is 358 g/mol. The topological polar surface area (TPSA) is 49.4 Å². The van der Waals surface area contributed by atoms with Gasteiger partial charge in [0.15, 0.2) is 0 Å². The van der Waals surface area contributed by atoms with Crippen LogP contribution >= 0.6 is 11.6 Å². The lowest BCUT2D eigenvalue weighted by Crippen LogP contribution is -2.32. The lowest BCUT2D eigenvalue weighted by molar-refractivity contribution is -0.117. The molecule has 2 amide bonds. The quantitative estimate of drug-likeness (QED) is 0.845. The third-order valence-corrected chi connectivity index (χ3v) is 4.28. The number of rotatable bonds is 5. The van der Waals surface area contributed by atoms with E-state index in [2.05, 4.69) is 5.32 Å². The summed E-state index contributed by atoms with van der Waals surface area (Å²) in [5.41, 5.74) is 4.64. The van der Waals surface area contributed by atoms with E-state index < -0.39 is 0 Å². The zero-order chi connectivity index (χ0) is 18.6. The lowest BCUT2D eigenvalue weighted by atomic mass is 10.1. The summed E-state index contributed by atoms with van der Waals surface area (Å²) in [7, 11) is 0. The summed E-state index contributed by atoms with van der Waals surface area (Å²) in [5.74, 6) is -0.227. The molecule has 0 saturated heterocycles. The molecule has 25 heavy (non-hydrogen) atoms. The van der Waals surface area contributed by atoms with Crippen LogP contribution in [-0.2, 0) is 9.59 Å². The summed E-state index contributed by atoms with van der Waals surface area (Å²) in [6, 6.07) is 11.2. The van der Waals surface area contributed by atoms with Crippen LogP contribution < -0.4 is 10.2 Å². The molecule has 2 aromatic carbocycles. The first-order valence-electron chi connectivity index (χ1n) is 8.19. The number of carbonyl (C=O) groups excluding carboxylic acids is 2. The molecule has 0 radical (unpaired) electrons. The number of anilines is 2. The molecule has 0 aliphatic carbocycles. The van der Waals surface area contributed by atoms with E-state index in [0.717, 1.165) is 28.1 Å². The van der Waals surface area contributed by atoms with Crippen molar-refractivity contribution in [1.82, 2.24) is 0 Å². The third kappa shape index (κ3) is 5.07. The second-order valence-electron chi connectivity index (χ2n) is 6.22. The van der Waals surface area contributed by atoms with Gasteiger partial charge < -0.3 is 10.2 Å². The van der Waals surface area contributed by atoms with Gasteiger partial charge in [-0.05, 0) is 56.2 Å². The smallest absolute Gasteiger partial charge is 0.226 e. The minimum atomic E-state index is -0.121. The van der Waals surface area contributed by atoms with E-state index in [4.69, 9.17) is 11.6 Å². The molecule has 2 rings (SSSR count). The predicted octanol–water partition coefficient (Wildman–Crippen LogP) is 4.65. The molecular formula is C20H23ClN2O2. The number of benzene rings is 2. The molecule has 0 spiro atoms. The Morgan fingerprint density at radius 2 is 1.76 bits per heavy atom. The Balaban J connectivity index is 2.05. The highest BCUT2D eigenvalue weighted by molar-refractivity contribution is 6.30. The number of carbonyl (C=O) groups is 2. The van der Waals surface area contributed by atoms with Crippen molar-refractivity contribution in [2.24, 2.45) is 0 Å². The van der Waals surface area contributed by atoms with Crippen molar-refractivity contribution in [3.63, 3.8) is 0 Å². The molecule has 4 nitrogen and oxygen atoms in total. The van der Waals surface area contributed by atoms with Crippen LogP contribution in [-0.4, -0.2) is 18.4 Å². The van der Waals surface area contributed by atoms with Crippen LogP contribution in [0.5, 0.6) is 0 Å². The number of hydrogen-bond donors (Lipinski definition) is 1. The molecule has 1 N–H and O–H groups in total. The van der Waals surface area contributed by atoms with Crippen LogP contribution in [0, 0.1) is 20.8 Å². The maximum Gasteiger partial charge on any atom is 0.226 e. The van der Waals surface area contributed by atoms with Gasteiger partial charge in [-0.15, -0.1) is 0 Å². The lowest BCUT2D eigenvalue weighted by Gasteiger charge is -2.23. The Bertz CT molecular complexity index is 802. The fraction of sp³-hybridized carbons (Fsp3) is 0.300. The Morgan fingerprint density at radius 1 is 1.04 bits per heavy atom. The maximum absolute atomic E-state index is 12.3. The van der Waals surface area contributed by atoms with Crippen LogP contribution in [0.1, 0.15) is 30.0 Å². The summed E-state index contributed by atoms with van der Waals surface area (Å²) in [4.78, 5) is 25.9. The molecule has 0 aliphatic rings. The van der Waals surface area contributed by atoms with Gasteiger partial charge in [0.25, 0.3) is 0 Å². The molecule has 0 bridgehead atoms. The van der Waals surface area contributed by atoms with Gasteiger partial charge in [-0.25, -0.2) is 0 Å². The van der Waals surface area contributed by atoms with Crippen LogP contribution in [0.25, 0.3) is 0 Å². The van der Waals surface area contributed by atoms with Crippen molar-refractivity contribution in [2.45, 2.75) is 34.1 Å². The Labute approximate surface area is 153 Å². The molecule has 0 unspecified atom stereocenters. The van der Waals surface area contributed by atoms with Crippen molar-refractivity contribution in [3.8, 4) is 0 Å². The van der Waals surface area contributed by atoms with E-state index >= 15 is 0 Å². The molecule has 0 heterocycles. The van der Waals surface area contributed by atoms with Gasteiger partial charge in [0.1, 0.15) is 0 Å². The summed E-state index contributed by atoms with van der Waals surface area (Å²) < 4.78 is 0. The van der Waals surface area contributed by atoms with E-state index in [-0.39, 0.29) is 18.2 Å². The number of hydrogen-bond acceptors (Lipinski definition) is 2. The van der Waals surface area contributed by atoms with E-state index in [9.17, 15) is 9.59 Å². The molecule has 0 aliphatic heterocycles. The zero-order valence-corrected chi connectivity index (χ0v) is 15.8. The molecule has 0 aromatic heterocycles. The molecule has 0 atom stereocenters. The minimum absolute atomic E-state index is 0.107. The number of nitrogens with zero attached hydrogens (tertiary/aromatic N) is 1. The van der Waals surface area contributed by atoms with Crippen molar-refractivity contribution >= 4 is 34.8 Å². The summed E-state index contributed by atoms with van der Waals surface area (Å²) >= 11 is 5.98. The van der Waals surface area contributed by atoms with Gasteiger partial charge in [-0.2, -0.15) is 0 Å². The van der Waals surface area contributed by atoms with Crippen molar-refractivity contribution < 1.29 is 9.59 Å². The number of amides is 2. The van der Waals surface area contributed by atoms with Crippen LogP contribution in [0.3, 0.4) is 0 Å². The standard InChI is InChI=1S/C20H23ClN2O2/c1-13-5-7-18(14(2)11-13)22-20(25)9-10-23(16(4)24)19-8-6-17(21)12-15(19)3/h5-8,11-12H,9-10H2,1-4H3,(H,22,25). The maximum atomic E-state index is 12.3. The van der Waals surface area contributed by atoms with E-state index in [1.54, 1.807) is 17.0 Å². The Kier molecular flexibility index (Phi) is 6.21. The highest BCUT2D eigenvalue weighted by Crippen LogP contribution is 2.24. The van der Waals surface area contributed by atoms with Gasteiger partial charge in [0.2, 0.25) is 11.8 Å². The van der Waals surface area contributed by atoms with Gasteiger partial charge in [0.05, 0.1) is 0 Å². The van der Waals surface area contributed by atoms with E-state index in [1.165, 1.54) is 6.92 Å². The van der Waals surface area contributed by atoms with Crippen LogP contribution in [0.4, 0.5) is 11.4 Å². The predicted molar refractivity (Wildman–Crippen MR) is 103 cm³/mol. The van der Waals surface area contributed by atoms with Crippen molar-refractivity contribution in [1.29, 1.82) is 0 Å². The third-order valence-electron chi connectivity index (χ3n) is 4.05. The Morgan fingerprint density at radius 3 is 2.36 bits per heavy atom. The molecule has 5 heteroatoms. The highest BCUT2D eigenvalue weighted by atomic mass is 35.5. The van der Waals surface area contributed by atoms with Gasteiger partial charge in [-0.1, -0.05) is 29.3 Å². The summed E-state index contributed by atoms with van der Waals surface area (Å²) in [5, 5.41) is 3.53. The second-order valence-corrected chi connectivity index (χ2v) is 6.65. The molecule has 2 aromatic rings. The SMILES string of the molecule is CC(=O)N(CCC(=O)Nc1ccc(C)cc1C)c1ccc(Cl)cc1C. The fourth-order valence-corrected chi connectivity index (χ4v) is 2.98. The zero-order valence-electron chi connectivity index (χ0n) is 15.0. The minimum Gasteiger partial charge on any atom is -0.326 e. The van der Waals surface area contributed by atoms with Gasteiger partial charge in [0, 0.05) is 36.3 Å². The summed E-state index contributed by atoms with van der Waals surface area (Å²) in [6.45, 7) is 7.68. The average molecular weight is 359 g/mol. The normalized spacial score (nSPS) is 10.4. The van der Waals surface area contributed by atoms with Gasteiger partial charge >= 0.3 is 0 Å². The average Bonchev–Trinajstić information content (AvgIpc) is 2.52. The molecular weight excluding hydrogens is 336 g/mol. The van der Waals surface area contributed by atoms with E-state index in [1.807, 2.05) is 45.0 Å². The van der Waals surface area contributed by atoms with Crippen molar-refractivity contribution in [3.05, 3.63) is 58.1 Å². The number of aryl methyl sites for hydroxylation is 3. The van der Waals surface area contributed by atoms with Crippen molar-refractivity contribution in [2.75, 3.05) is 16.8 Å². The molecule has 0 fully saturated rings. The summed E-state index contributed by atoms with van der Waals surface area (Å²) in [6.07, 6.45) is 0.217. The first kappa shape index (κ1) is 19.0. The fourth-order valence-electron chi connectivity index (χ4n) is 2.75. The van der Waals surface area contributed by atoms with Crippen LogP contribution in [0.15, 0.2) is 36.4 Å². The number of halogens is 1. The molecule has 132 valence electrons. The van der Waals surface area contributed by atoms with Crippen LogP contribution in [0.2, 0.25) is 5.02 Å². The highest BCUT2D eigenvalue weighted by Gasteiger charge is 2.16. The largest absolute Gasteiger partial charge is 0.326 e. The first-order valence-corrected chi connectivity index (χ1v) is 8.57. The second kappa shape index (κ2) is 8.17. The first-order chi connectivity index (χ1) is 11.8.